The van der Waals surface area contributed by atoms with E-state index < -0.39 is 0 Å². The fraction of sp³-hybridized carbons (Fsp3) is 0.500. The van der Waals surface area contributed by atoms with Gasteiger partial charge in [-0.05, 0) is 6.08 Å². The molecule has 1 heteroatoms. The Bertz CT molecular complexity index is 134. The van der Waals surface area contributed by atoms with E-state index in [2.05, 4.69) is 38.4 Å². The Morgan fingerprint density at radius 3 is 2.44 bits per heavy atom. The van der Waals surface area contributed by atoms with Crippen molar-refractivity contribution in [2.75, 3.05) is 14.1 Å². The van der Waals surface area contributed by atoms with Crippen LogP contribution in [0.2, 0.25) is 0 Å². The van der Waals surface area contributed by atoms with Gasteiger partial charge in [-0.3, -0.25) is 0 Å². The summed E-state index contributed by atoms with van der Waals surface area (Å²) in [5, 5.41) is 0. The lowest BCUT2D eigenvalue weighted by molar-refractivity contribution is -0.877. The van der Waals surface area contributed by atoms with Crippen LogP contribution in [0.5, 0.6) is 0 Å². The first-order valence-electron chi connectivity index (χ1n) is 3.44. The average Bonchev–Trinajstić information content (AvgIpc) is 1.90. The zero-order valence-corrected chi connectivity index (χ0v) is 6.09. The van der Waals surface area contributed by atoms with Gasteiger partial charge >= 0.3 is 0 Å². The van der Waals surface area contributed by atoms with E-state index in [-0.39, 0.29) is 0 Å². The van der Waals surface area contributed by atoms with E-state index >= 15 is 0 Å². The molecule has 1 N–H and O–H groups in total. The Kier molecular flexibility index (Phi) is 2.06. The Morgan fingerprint density at radius 2 is 2.11 bits per heavy atom. The van der Waals surface area contributed by atoms with E-state index in [0.717, 1.165) is 0 Å². The normalized spacial score (nSPS) is 25.4. The van der Waals surface area contributed by atoms with Crippen molar-refractivity contribution in [1.82, 2.24) is 0 Å². The lowest BCUT2D eigenvalue weighted by Crippen LogP contribution is -3.09. The molecule has 1 unspecified atom stereocenters. The van der Waals surface area contributed by atoms with Crippen molar-refractivity contribution in [3.05, 3.63) is 24.3 Å². The van der Waals surface area contributed by atoms with Crippen molar-refractivity contribution < 1.29 is 4.90 Å². The Labute approximate surface area is 56.7 Å². The van der Waals surface area contributed by atoms with Crippen LogP contribution in [0.25, 0.3) is 0 Å². The minimum Gasteiger partial charge on any atom is -0.334 e. The van der Waals surface area contributed by atoms with Crippen LogP contribution in [0.3, 0.4) is 0 Å². The second kappa shape index (κ2) is 2.83. The quantitative estimate of drug-likeness (QED) is 0.502. The summed E-state index contributed by atoms with van der Waals surface area (Å²) >= 11 is 0. The molecule has 0 heterocycles. The van der Waals surface area contributed by atoms with Gasteiger partial charge in [-0.1, -0.05) is 18.2 Å². The molecule has 0 radical (unpaired) electrons. The summed E-state index contributed by atoms with van der Waals surface area (Å²) in [5.41, 5.74) is 0. The summed E-state index contributed by atoms with van der Waals surface area (Å²) in [6.07, 6.45) is 9.91. The lowest BCUT2D eigenvalue weighted by atomic mass is 10.1. The molecular formula is C8H14N+. The number of quaternary nitrogens is 1. The van der Waals surface area contributed by atoms with Crippen LogP contribution in [0.4, 0.5) is 0 Å². The molecule has 0 aromatic heterocycles. The van der Waals surface area contributed by atoms with Gasteiger partial charge < -0.3 is 4.90 Å². The molecule has 0 bridgehead atoms. The lowest BCUT2D eigenvalue weighted by Gasteiger charge is -2.17. The van der Waals surface area contributed by atoms with Crippen LogP contribution < -0.4 is 4.90 Å². The average molecular weight is 124 g/mol. The SMILES string of the molecule is C[NH+](C)C1C=CC=CC1. The number of rotatable bonds is 1. The third kappa shape index (κ3) is 1.68. The highest BCUT2D eigenvalue weighted by Crippen LogP contribution is 1.97. The molecular weight excluding hydrogens is 110 g/mol. The van der Waals surface area contributed by atoms with Gasteiger partial charge in [0, 0.05) is 6.42 Å². The molecule has 0 aromatic carbocycles. The maximum absolute atomic E-state index is 2.26. The maximum atomic E-state index is 2.26. The molecule has 0 spiro atoms. The van der Waals surface area contributed by atoms with Crippen LogP contribution in [-0.4, -0.2) is 20.1 Å². The highest BCUT2D eigenvalue weighted by atomic mass is 15.1. The number of allylic oxidation sites excluding steroid dienone is 2. The number of likely N-dealkylation sites (N-methyl/N-ethyl adjacent to an activating group) is 1. The first kappa shape index (κ1) is 6.56. The van der Waals surface area contributed by atoms with E-state index in [9.17, 15) is 0 Å². The van der Waals surface area contributed by atoms with Crippen LogP contribution >= 0.6 is 0 Å². The minimum atomic E-state index is 0.704. The summed E-state index contributed by atoms with van der Waals surface area (Å²) in [7, 11) is 4.38. The number of hydrogen-bond acceptors (Lipinski definition) is 0. The van der Waals surface area contributed by atoms with Crippen molar-refractivity contribution in [3.8, 4) is 0 Å². The van der Waals surface area contributed by atoms with Gasteiger partial charge in [0.15, 0.2) is 0 Å². The zero-order valence-electron chi connectivity index (χ0n) is 6.09. The molecule has 0 saturated heterocycles. The summed E-state index contributed by atoms with van der Waals surface area (Å²) in [6, 6.07) is 0.704. The number of nitrogens with one attached hydrogen (secondary N) is 1. The molecule has 50 valence electrons. The molecule has 1 nitrogen and oxygen atoms in total. The molecule has 1 rings (SSSR count). The van der Waals surface area contributed by atoms with Gasteiger partial charge in [0.25, 0.3) is 0 Å². The van der Waals surface area contributed by atoms with Gasteiger partial charge in [-0.25, -0.2) is 0 Å². The first-order chi connectivity index (χ1) is 4.30. The third-order valence-electron chi connectivity index (χ3n) is 1.72. The molecule has 0 amide bonds. The van der Waals surface area contributed by atoms with E-state index in [1.807, 2.05) is 0 Å². The predicted octanol–water partition coefficient (Wildman–Crippen LogP) is 0.0156. The molecule has 9 heavy (non-hydrogen) atoms. The summed E-state index contributed by atoms with van der Waals surface area (Å²) in [4.78, 5) is 1.51. The van der Waals surface area contributed by atoms with Crippen molar-refractivity contribution in [2.24, 2.45) is 0 Å². The maximum Gasteiger partial charge on any atom is 0.109 e. The van der Waals surface area contributed by atoms with E-state index in [1.54, 1.807) is 0 Å². The second-order valence-corrected chi connectivity index (χ2v) is 2.73. The molecule has 0 fully saturated rings. The monoisotopic (exact) mass is 124 g/mol. The summed E-state index contributed by atoms with van der Waals surface area (Å²) < 4.78 is 0. The van der Waals surface area contributed by atoms with Gasteiger partial charge in [-0.15, -0.1) is 0 Å². The van der Waals surface area contributed by atoms with Crippen molar-refractivity contribution in [3.63, 3.8) is 0 Å². The summed E-state index contributed by atoms with van der Waals surface area (Å²) in [5.74, 6) is 0. The second-order valence-electron chi connectivity index (χ2n) is 2.73. The van der Waals surface area contributed by atoms with Crippen LogP contribution in [0, 0.1) is 0 Å². The molecule has 1 atom stereocenters. The first-order valence-corrected chi connectivity index (χ1v) is 3.44. The van der Waals surface area contributed by atoms with E-state index in [4.69, 9.17) is 0 Å². The largest absolute Gasteiger partial charge is 0.334 e. The Hall–Kier alpha value is -0.560. The fourth-order valence-corrected chi connectivity index (χ4v) is 1.01. The van der Waals surface area contributed by atoms with Crippen molar-refractivity contribution in [1.29, 1.82) is 0 Å². The molecule has 0 aliphatic heterocycles. The Morgan fingerprint density at radius 1 is 1.33 bits per heavy atom. The number of hydrogen-bond donors (Lipinski definition) is 1. The topological polar surface area (TPSA) is 4.44 Å². The van der Waals surface area contributed by atoms with E-state index in [1.165, 1.54) is 11.3 Å². The molecule has 1 aliphatic rings. The zero-order chi connectivity index (χ0) is 6.69. The van der Waals surface area contributed by atoms with E-state index in [0.29, 0.717) is 6.04 Å². The Balaban J connectivity index is 2.46. The van der Waals surface area contributed by atoms with Gasteiger partial charge in [0.1, 0.15) is 6.04 Å². The standard InChI is InChI=1S/C8H13N/c1-9(2)8-6-4-3-5-7-8/h3-6,8H,7H2,1-2H3/p+1. The van der Waals surface area contributed by atoms with Gasteiger partial charge in [0.2, 0.25) is 0 Å². The van der Waals surface area contributed by atoms with Crippen molar-refractivity contribution in [2.45, 2.75) is 12.5 Å². The van der Waals surface area contributed by atoms with Crippen LogP contribution in [0.15, 0.2) is 24.3 Å². The molecule has 0 saturated carbocycles. The highest BCUT2D eigenvalue weighted by Gasteiger charge is 2.09. The highest BCUT2D eigenvalue weighted by molar-refractivity contribution is 5.11. The minimum absolute atomic E-state index is 0.704. The van der Waals surface area contributed by atoms with Crippen molar-refractivity contribution >= 4 is 0 Å². The molecule has 0 aromatic rings. The predicted molar refractivity (Wildman–Crippen MR) is 39.5 cm³/mol. The van der Waals surface area contributed by atoms with Crippen LogP contribution in [-0.2, 0) is 0 Å². The smallest absolute Gasteiger partial charge is 0.109 e. The molecule has 1 aliphatic carbocycles. The van der Waals surface area contributed by atoms with Gasteiger partial charge in [-0.2, -0.15) is 0 Å². The fourth-order valence-electron chi connectivity index (χ4n) is 1.01. The summed E-state index contributed by atoms with van der Waals surface area (Å²) in [6.45, 7) is 0. The van der Waals surface area contributed by atoms with Crippen LogP contribution in [0.1, 0.15) is 6.42 Å². The van der Waals surface area contributed by atoms with Gasteiger partial charge in [0.05, 0.1) is 14.1 Å². The third-order valence-corrected chi connectivity index (χ3v) is 1.72.